The van der Waals surface area contributed by atoms with Gasteiger partial charge in [-0.2, -0.15) is 9.90 Å². The molecule has 126 valence electrons. The first kappa shape index (κ1) is 16.7. The van der Waals surface area contributed by atoms with Crippen LogP contribution in [0.25, 0.3) is 5.69 Å². The summed E-state index contributed by atoms with van der Waals surface area (Å²) in [7, 11) is 0. The fourth-order valence-corrected chi connectivity index (χ4v) is 2.33. The van der Waals surface area contributed by atoms with E-state index in [1.807, 2.05) is 0 Å². The molecule has 1 aromatic heterocycles. The van der Waals surface area contributed by atoms with Crippen LogP contribution in [-0.2, 0) is 4.79 Å². The van der Waals surface area contributed by atoms with Crippen LogP contribution in [0.1, 0.15) is 22.1 Å². The highest BCUT2D eigenvalue weighted by Crippen LogP contribution is 2.14. The number of aromatic nitrogens is 3. The van der Waals surface area contributed by atoms with Crippen LogP contribution in [0.3, 0.4) is 0 Å². The Morgan fingerprint density at radius 3 is 2.40 bits per heavy atom. The van der Waals surface area contributed by atoms with Crippen molar-refractivity contribution in [3.8, 4) is 5.69 Å². The van der Waals surface area contributed by atoms with E-state index in [0.717, 1.165) is 0 Å². The molecule has 0 saturated carbocycles. The number of carbonyl (C=O) groups excluding carboxylic acids is 1. The van der Waals surface area contributed by atoms with E-state index in [1.165, 1.54) is 11.0 Å². The molecular formula is C17H13ClN4O3. The zero-order valence-electron chi connectivity index (χ0n) is 12.8. The summed E-state index contributed by atoms with van der Waals surface area (Å²) in [6.45, 7) is 0. The molecule has 2 aromatic carbocycles. The van der Waals surface area contributed by atoms with Crippen molar-refractivity contribution in [2.45, 2.75) is 6.04 Å². The summed E-state index contributed by atoms with van der Waals surface area (Å²) in [4.78, 5) is 25.0. The maximum Gasteiger partial charge on any atom is 0.330 e. The summed E-state index contributed by atoms with van der Waals surface area (Å²) in [5.74, 6) is -1.79. The fourth-order valence-electron chi connectivity index (χ4n) is 2.20. The zero-order valence-corrected chi connectivity index (χ0v) is 13.6. The zero-order chi connectivity index (χ0) is 17.8. The van der Waals surface area contributed by atoms with Gasteiger partial charge in [0, 0.05) is 5.02 Å². The number of carboxylic acids is 1. The molecule has 7 nitrogen and oxygen atoms in total. The summed E-state index contributed by atoms with van der Waals surface area (Å²) >= 11 is 5.83. The van der Waals surface area contributed by atoms with Gasteiger partial charge in [-0.25, -0.2) is 4.79 Å². The molecule has 3 rings (SSSR count). The lowest BCUT2D eigenvalue weighted by molar-refractivity contribution is -0.139. The van der Waals surface area contributed by atoms with Gasteiger partial charge in [-0.05, 0) is 29.8 Å². The van der Waals surface area contributed by atoms with Crippen molar-refractivity contribution in [3.63, 3.8) is 0 Å². The highest BCUT2D eigenvalue weighted by molar-refractivity contribution is 6.30. The van der Waals surface area contributed by atoms with Crippen LogP contribution in [0.4, 0.5) is 0 Å². The van der Waals surface area contributed by atoms with Crippen LogP contribution in [0, 0.1) is 0 Å². The van der Waals surface area contributed by atoms with Gasteiger partial charge in [0.25, 0.3) is 5.91 Å². The summed E-state index contributed by atoms with van der Waals surface area (Å²) in [5.41, 5.74) is 1.10. The van der Waals surface area contributed by atoms with Crippen molar-refractivity contribution in [3.05, 3.63) is 77.1 Å². The van der Waals surface area contributed by atoms with Gasteiger partial charge in [0.05, 0.1) is 11.9 Å². The van der Waals surface area contributed by atoms with Gasteiger partial charge < -0.3 is 10.4 Å². The number of aliphatic carboxylic acids is 1. The van der Waals surface area contributed by atoms with Gasteiger partial charge in [-0.15, -0.1) is 5.10 Å². The first-order chi connectivity index (χ1) is 12.0. The van der Waals surface area contributed by atoms with E-state index in [1.54, 1.807) is 54.6 Å². The Morgan fingerprint density at radius 1 is 1.08 bits per heavy atom. The number of nitrogens with zero attached hydrogens (tertiary/aromatic N) is 3. The van der Waals surface area contributed by atoms with Crippen molar-refractivity contribution < 1.29 is 14.7 Å². The van der Waals surface area contributed by atoms with Crippen molar-refractivity contribution in [2.75, 3.05) is 0 Å². The molecule has 0 aliphatic carbocycles. The lowest BCUT2D eigenvalue weighted by atomic mass is 10.1. The highest BCUT2D eigenvalue weighted by Gasteiger charge is 2.23. The molecule has 1 amide bonds. The molecule has 1 atom stereocenters. The van der Waals surface area contributed by atoms with E-state index in [4.69, 9.17) is 11.6 Å². The van der Waals surface area contributed by atoms with E-state index in [-0.39, 0.29) is 5.69 Å². The van der Waals surface area contributed by atoms with E-state index in [2.05, 4.69) is 15.5 Å². The summed E-state index contributed by atoms with van der Waals surface area (Å²) < 4.78 is 0. The standard InChI is InChI=1S/C17H13ClN4O3/c18-12-6-8-13(9-7-12)22-19-10-14(21-22)16(23)20-15(17(24)25)11-4-2-1-3-5-11/h1-10,15H,(H,20,23)(H,24,25). The molecule has 0 spiro atoms. The SMILES string of the molecule is O=C(NC(C(=O)O)c1ccccc1)c1cnn(-c2ccc(Cl)cc2)n1. The minimum absolute atomic E-state index is 0.0112. The summed E-state index contributed by atoms with van der Waals surface area (Å²) in [6.07, 6.45) is 1.27. The second-order valence-corrected chi connectivity index (χ2v) is 5.59. The Bertz CT molecular complexity index is 894. The Balaban J connectivity index is 1.79. The van der Waals surface area contributed by atoms with Crippen LogP contribution in [-0.4, -0.2) is 32.0 Å². The summed E-state index contributed by atoms with van der Waals surface area (Å²) in [5, 5.41) is 20.5. The van der Waals surface area contributed by atoms with E-state index in [9.17, 15) is 14.7 Å². The van der Waals surface area contributed by atoms with Gasteiger partial charge >= 0.3 is 5.97 Å². The lowest BCUT2D eigenvalue weighted by Crippen LogP contribution is -2.34. The topological polar surface area (TPSA) is 97.1 Å². The minimum atomic E-state index is -1.17. The normalized spacial score (nSPS) is 11.7. The number of carbonyl (C=O) groups is 2. The number of halogens is 1. The third-order valence-corrected chi connectivity index (χ3v) is 3.69. The Hall–Kier alpha value is -3.19. The fraction of sp³-hybridized carbons (Fsp3) is 0.0588. The quantitative estimate of drug-likeness (QED) is 0.732. The molecule has 0 fully saturated rings. The van der Waals surface area contributed by atoms with Crippen LogP contribution in [0.15, 0.2) is 60.8 Å². The maximum atomic E-state index is 12.3. The number of rotatable bonds is 5. The van der Waals surface area contributed by atoms with Crippen molar-refractivity contribution in [1.82, 2.24) is 20.3 Å². The van der Waals surface area contributed by atoms with Gasteiger partial charge in [0.15, 0.2) is 11.7 Å². The van der Waals surface area contributed by atoms with E-state index < -0.39 is 17.9 Å². The molecule has 0 aliphatic rings. The second-order valence-electron chi connectivity index (χ2n) is 5.15. The number of nitrogens with one attached hydrogen (secondary N) is 1. The Kier molecular flexibility index (Phi) is 4.76. The molecule has 8 heteroatoms. The number of hydrogen-bond donors (Lipinski definition) is 2. The first-order valence-electron chi connectivity index (χ1n) is 7.31. The van der Waals surface area contributed by atoms with Gasteiger partial charge in [-0.1, -0.05) is 41.9 Å². The van der Waals surface area contributed by atoms with Crippen LogP contribution in [0.2, 0.25) is 5.02 Å². The smallest absolute Gasteiger partial charge is 0.330 e. The van der Waals surface area contributed by atoms with Crippen molar-refractivity contribution in [2.24, 2.45) is 0 Å². The number of hydrogen-bond acceptors (Lipinski definition) is 4. The van der Waals surface area contributed by atoms with Crippen molar-refractivity contribution in [1.29, 1.82) is 0 Å². The van der Waals surface area contributed by atoms with E-state index >= 15 is 0 Å². The number of benzene rings is 2. The molecule has 1 heterocycles. The summed E-state index contributed by atoms with van der Waals surface area (Å²) in [6, 6.07) is 14.0. The molecular weight excluding hydrogens is 344 g/mol. The van der Waals surface area contributed by atoms with E-state index in [0.29, 0.717) is 16.3 Å². The molecule has 0 saturated heterocycles. The second kappa shape index (κ2) is 7.14. The average molecular weight is 357 g/mol. The maximum absolute atomic E-state index is 12.3. The van der Waals surface area contributed by atoms with Gasteiger partial charge in [0.1, 0.15) is 0 Å². The van der Waals surface area contributed by atoms with Crippen LogP contribution in [0.5, 0.6) is 0 Å². The Labute approximate surface area is 147 Å². The molecule has 1 unspecified atom stereocenters. The predicted molar refractivity (Wildman–Crippen MR) is 90.7 cm³/mol. The monoisotopic (exact) mass is 356 g/mol. The molecule has 0 aliphatic heterocycles. The third-order valence-electron chi connectivity index (χ3n) is 3.44. The number of carboxylic acid groups (broad SMARTS) is 1. The molecule has 3 aromatic rings. The molecule has 0 bridgehead atoms. The lowest BCUT2D eigenvalue weighted by Gasteiger charge is -2.13. The Morgan fingerprint density at radius 2 is 1.76 bits per heavy atom. The van der Waals surface area contributed by atoms with Crippen molar-refractivity contribution >= 4 is 23.5 Å². The van der Waals surface area contributed by atoms with Crippen LogP contribution >= 0.6 is 11.6 Å². The average Bonchev–Trinajstić information content (AvgIpc) is 3.11. The predicted octanol–water partition coefficient (Wildman–Crippen LogP) is 2.48. The highest BCUT2D eigenvalue weighted by atomic mass is 35.5. The molecule has 25 heavy (non-hydrogen) atoms. The molecule has 2 N–H and O–H groups in total. The third kappa shape index (κ3) is 3.84. The largest absolute Gasteiger partial charge is 0.479 e. The van der Waals surface area contributed by atoms with Gasteiger partial charge in [0.2, 0.25) is 0 Å². The molecule has 0 radical (unpaired) electrons. The van der Waals surface area contributed by atoms with Crippen LogP contribution < -0.4 is 5.32 Å². The van der Waals surface area contributed by atoms with Gasteiger partial charge in [-0.3, -0.25) is 4.79 Å². The number of amides is 1. The first-order valence-corrected chi connectivity index (χ1v) is 7.69. The minimum Gasteiger partial charge on any atom is -0.479 e.